The van der Waals surface area contributed by atoms with E-state index in [0.29, 0.717) is 22.6 Å². The maximum absolute atomic E-state index is 11.6. The molecule has 1 heterocycles. The second kappa shape index (κ2) is 4.15. The average molecular weight is 214 g/mol. The highest BCUT2D eigenvalue weighted by atomic mass is 16.3. The maximum atomic E-state index is 11.6. The first-order valence-electron chi connectivity index (χ1n) is 4.98. The van der Waals surface area contributed by atoms with E-state index in [-0.39, 0.29) is 18.6 Å². The van der Waals surface area contributed by atoms with E-state index in [1.807, 2.05) is 6.07 Å². The van der Waals surface area contributed by atoms with E-state index >= 15 is 0 Å². The number of Topliss-reactive ketones (excluding diaryl/α,β-unsaturated/α-hetero) is 1. The molecule has 0 saturated heterocycles. The Morgan fingerprint density at radius 3 is 3.12 bits per heavy atom. The molecule has 0 atom stereocenters. The summed E-state index contributed by atoms with van der Waals surface area (Å²) < 4.78 is 5.31. The molecule has 0 aliphatic rings. The minimum absolute atomic E-state index is 0.0379. The van der Waals surface area contributed by atoms with Crippen molar-refractivity contribution >= 4 is 16.9 Å². The van der Waals surface area contributed by atoms with Crippen molar-refractivity contribution in [3.05, 3.63) is 29.7 Å². The van der Waals surface area contributed by atoms with Crippen molar-refractivity contribution in [3.63, 3.8) is 0 Å². The lowest BCUT2D eigenvalue weighted by Gasteiger charge is -1.96. The van der Waals surface area contributed by atoms with Gasteiger partial charge in [-0.2, -0.15) is 5.26 Å². The Kier molecular flexibility index (Phi) is 2.69. The van der Waals surface area contributed by atoms with Gasteiger partial charge in [-0.15, -0.1) is 0 Å². The van der Waals surface area contributed by atoms with Crippen molar-refractivity contribution in [1.29, 1.82) is 5.26 Å². The second-order valence-corrected chi connectivity index (χ2v) is 3.50. The first-order chi connectivity index (χ1) is 7.70. The molecule has 4 heteroatoms. The highest BCUT2D eigenvalue weighted by Gasteiger charge is 2.08. The van der Waals surface area contributed by atoms with Crippen LogP contribution in [0.5, 0.6) is 0 Å². The number of nitrogens with zero attached hydrogens (tertiary/aromatic N) is 2. The fourth-order valence-electron chi connectivity index (χ4n) is 1.53. The van der Waals surface area contributed by atoms with Crippen LogP contribution in [0.1, 0.15) is 29.1 Å². The van der Waals surface area contributed by atoms with Crippen molar-refractivity contribution in [2.45, 2.75) is 19.8 Å². The van der Waals surface area contributed by atoms with Gasteiger partial charge in [-0.1, -0.05) is 0 Å². The number of rotatable bonds is 3. The average Bonchev–Trinajstić information content (AvgIpc) is 2.64. The van der Waals surface area contributed by atoms with Crippen LogP contribution in [0.4, 0.5) is 0 Å². The molecule has 0 N–H and O–H groups in total. The summed E-state index contributed by atoms with van der Waals surface area (Å²) in [5.41, 5.74) is 1.94. The van der Waals surface area contributed by atoms with Crippen molar-refractivity contribution < 1.29 is 9.21 Å². The fourth-order valence-corrected chi connectivity index (χ4v) is 1.53. The standard InChI is InChI=1S/C12H10N2O2/c1-8-14-10-7-9(4-5-12(10)16-8)11(15)3-2-6-13/h4-5,7H,2-3H2,1H3. The van der Waals surface area contributed by atoms with Crippen LogP contribution < -0.4 is 0 Å². The third-order valence-corrected chi connectivity index (χ3v) is 2.28. The van der Waals surface area contributed by atoms with Gasteiger partial charge >= 0.3 is 0 Å². The summed E-state index contributed by atoms with van der Waals surface area (Å²) in [4.78, 5) is 15.8. The summed E-state index contributed by atoms with van der Waals surface area (Å²) in [6.07, 6.45) is 0.494. The zero-order valence-electron chi connectivity index (χ0n) is 8.86. The second-order valence-electron chi connectivity index (χ2n) is 3.50. The number of aromatic nitrogens is 1. The Morgan fingerprint density at radius 2 is 2.38 bits per heavy atom. The molecule has 0 saturated carbocycles. The zero-order chi connectivity index (χ0) is 11.5. The van der Waals surface area contributed by atoms with Gasteiger partial charge in [0.05, 0.1) is 6.07 Å². The molecule has 0 bridgehead atoms. The third-order valence-electron chi connectivity index (χ3n) is 2.28. The Morgan fingerprint density at radius 1 is 1.56 bits per heavy atom. The van der Waals surface area contributed by atoms with E-state index in [0.717, 1.165) is 0 Å². The molecule has 0 fully saturated rings. The summed E-state index contributed by atoms with van der Waals surface area (Å²) in [7, 11) is 0. The van der Waals surface area contributed by atoms with Crippen molar-refractivity contribution in [1.82, 2.24) is 4.98 Å². The van der Waals surface area contributed by atoms with E-state index in [4.69, 9.17) is 9.68 Å². The predicted octanol–water partition coefficient (Wildman–Crippen LogP) is 2.62. The van der Waals surface area contributed by atoms with Gasteiger partial charge in [0.1, 0.15) is 5.52 Å². The number of nitriles is 1. The maximum Gasteiger partial charge on any atom is 0.192 e. The van der Waals surface area contributed by atoms with Crippen LogP contribution in [0.2, 0.25) is 0 Å². The summed E-state index contributed by atoms with van der Waals surface area (Å²) in [6.45, 7) is 1.76. The molecule has 0 radical (unpaired) electrons. The topological polar surface area (TPSA) is 66.9 Å². The molecule has 4 nitrogen and oxygen atoms in total. The molecule has 0 spiro atoms. The number of aryl methyl sites for hydroxylation is 1. The van der Waals surface area contributed by atoms with Gasteiger partial charge < -0.3 is 4.42 Å². The number of hydrogen-bond donors (Lipinski definition) is 0. The van der Waals surface area contributed by atoms with Crippen LogP contribution in [-0.2, 0) is 0 Å². The Labute approximate surface area is 92.5 Å². The van der Waals surface area contributed by atoms with Crippen molar-refractivity contribution in [3.8, 4) is 6.07 Å². The molecule has 2 rings (SSSR count). The number of hydrogen-bond acceptors (Lipinski definition) is 4. The molecule has 1 aromatic carbocycles. The van der Waals surface area contributed by atoms with Gasteiger partial charge in [0.15, 0.2) is 17.3 Å². The molecule has 0 aliphatic heterocycles. The fraction of sp³-hybridized carbons (Fsp3) is 0.250. The van der Waals surface area contributed by atoms with Gasteiger partial charge in [-0.05, 0) is 18.2 Å². The van der Waals surface area contributed by atoms with E-state index in [1.165, 1.54) is 0 Å². The normalized spacial score (nSPS) is 10.2. The van der Waals surface area contributed by atoms with E-state index < -0.39 is 0 Å². The van der Waals surface area contributed by atoms with Crippen LogP contribution in [0.3, 0.4) is 0 Å². The van der Waals surface area contributed by atoms with Crippen molar-refractivity contribution in [2.75, 3.05) is 0 Å². The minimum Gasteiger partial charge on any atom is -0.441 e. The molecule has 0 aliphatic carbocycles. The number of carbonyl (C=O) groups is 1. The first kappa shape index (κ1) is 10.4. The molecule has 1 aromatic heterocycles. The summed E-state index contributed by atoms with van der Waals surface area (Å²) >= 11 is 0. The van der Waals surface area contributed by atoms with Gasteiger partial charge in [0, 0.05) is 25.3 Å². The van der Waals surface area contributed by atoms with Crippen LogP contribution in [-0.4, -0.2) is 10.8 Å². The van der Waals surface area contributed by atoms with E-state index in [1.54, 1.807) is 25.1 Å². The highest BCUT2D eigenvalue weighted by molar-refractivity contribution is 5.98. The van der Waals surface area contributed by atoms with Crippen molar-refractivity contribution in [2.24, 2.45) is 0 Å². The van der Waals surface area contributed by atoms with Gasteiger partial charge in [-0.25, -0.2) is 4.98 Å². The van der Waals surface area contributed by atoms with Gasteiger partial charge in [0.25, 0.3) is 0 Å². The third kappa shape index (κ3) is 1.94. The summed E-state index contributed by atoms with van der Waals surface area (Å²) in [5.74, 6) is 0.542. The van der Waals surface area contributed by atoms with Gasteiger partial charge in [0.2, 0.25) is 0 Å². The zero-order valence-corrected chi connectivity index (χ0v) is 8.86. The summed E-state index contributed by atoms with van der Waals surface area (Å²) in [5, 5.41) is 8.41. The number of fused-ring (bicyclic) bond motifs is 1. The van der Waals surface area contributed by atoms with E-state index in [2.05, 4.69) is 4.98 Å². The quantitative estimate of drug-likeness (QED) is 0.736. The molecular formula is C12H10N2O2. The molecule has 16 heavy (non-hydrogen) atoms. The first-order valence-corrected chi connectivity index (χ1v) is 4.98. The highest BCUT2D eigenvalue weighted by Crippen LogP contribution is 2.17. The number of oxazole rings is 1. The lowest BCUT2D eigenvalue weighted by Crippen LogP contribution is -1.97. The molecule has 2 aromatic rings. The summed E-state index contributed by atoms with van der Waals surface area (Å²) in [6, 6.07) is 7.09. The predicted molar refractivity (Wildman–Crippen MR) is 57.9 cm³/mol. The monoisotopic (exact) mass is 214 g/mol. The van der Waals surface area contributed by atoms with Crippen LogP contribution in [0.25, 0.3) is 11.1 Å². The smallest absolute Gasteiger partial charge is 0.192 e. The Hall–Kier alpha value is -2.15. The molecular weight excluding hydrogens is 204 g/mol. The number of carbonyl (C=O) groups excluding carboxylic acids is 1. The van der Waals surface area contributed by atoms with Gasteiger partial charge in [-0.3, -0.25) is 4.79 Å². The molecule has 0 amide bonds. The molecule has 0 unspecified atom stereocenters. The lowest BCUT2D eigenvalue weighted by atomic mass is 10.1. The van der Waals surface area contributed by atoms with Crippen LogP contribution >= 0.6 is 0 Å². The number of ketones is 1. The minimum atomic E-state index is -0.0379. The largest absolute Gasteiger partial charge is 0.441 e. The van der Waals surface area contributed by atoms with Crippen LogP contribution in [0, 0.1) is 18.3 Å². The Balaban J connectivity index is 2.32. The van der Waals surface area contributed by atoms with Crippen LogP contribution in [0.15, 0.2) is 22.6 Å². The Bertz CT molecular complexity index is 578. The lowest BCUT2D eigenvalue weighted by molar-refractivity contribution is 0.0984. The molecule has 80 valence electrons. The van der Waals surface area contributed by atoms with E-state index in [9.17, 15) is 4.79 Å². The number of benzene rings is 1. The SMILES string of the molecule is Cc1nc2cc(C(=O)CCC#N)ccc2o1.